The molecule has 0 saturated heterocycles. The van der Waals surface area contributed by atoms with Crippen molar-refractivity contribution in [1.82, 2.24) is 5.32 Å². The summed E-state index contributed by atoms with van der Waals surface area (Å²) in [6, 6.07) is 6.77. The number of para-hydroxylation sites is 2. The van der Waals surface area contributed by atoms with Crippen LogP contribution in [0.4, 0.5) is 0 Å². The van der Waals surface area contributed by atoms with Crippen LogP contribution >= 0.6 is 0 Å². The number of benzene rings is 1. The van der Waals surface area contributed by atoms with Crippen molar-refractivity contribution in [3.05, 3.63) is 24.3 Å². The Morgan fingerprint density at radius 2 is 1.95 bits per heavy atom. The van der Waals surface area contributed by atoms with E-state index in [9.17, 15) is 9.90 Å². The van der Waals surface area contributed by atoms with Crippen LogP contribution in [0.15, 0.2) is 24.3 Å². The van der Waals surface area contributed by atoms with Crippen molar-refractivity contribution in [2.45, 2.75) is 46.1 Å². The molecule has 2 N–H and O–H groups in total. The van der Waals surface area contributed by atoms with Gasteiger partial charge >= 0.3 is 0 Å². The molecule has 0 radical (unpaired) electrons. The Hall–Kier alpha value is -1.71. The van der Waals surface area contributed by atoms with Crippen LogP contribution in [0.3, 0.4) is 0 Å². The van der Waals surface area contributed by atoms with Crippen molar-refractivity contribution >= 4 is 5.91 Å². The summed E-state index contributed by atoms with van der Waals surface area (Å²) in [5.74, 6) is 0.910. The first-order valence-corrected chi connectivity index (χ1v) is 7.19. The first-order chi connectivity index (χ1) is 9.49. The molecule has 0 fully saturated rings. The SMILES string of the molecule is CC(C)CCCC(C)NC(=O)COc1ccccc1O. The van der Waals surface area contributed by atoms with Gasteiger partial charge in [-0.2, -0.15) is 0 Å². The Morgan fingerprint density at radius 3 is 2.60 bits per heavy atom. The molecule has 4 nitrogen and oxygen atoms in total. The molecule has 0 bridgehead atoms. The maximum absolute atomic E-state index is 11.7. The number of carbonyl (C=O) groups is 1. The van der Waals surface area contributed by atoms with E-state index in [1.54, 1.807) is 18.2 Å². The smallest absolute Gasteiger partial charge is 0.258 e. The fourth-order valence-corrected chi connectivity index (χ4v) is 1.94. The Balaban J connectivity index is 2.24. The van der Waals surface area contributed by atoms with E-state index in [2.05, 4.69) is 19.2 Å². The molecule has 0 aliphatic heterocycles. The van der Waals surface area contributed by atoms with Crippen LogP contribution in [0.5, 0.6) is 11.5 Å². The highest BCUT2D eigenvalue weighted by Gasteiger charge is 2.09. The number of rotatable bonds is 8. The molecule has 0 saturated carbocycles. The Morgan fingerprint density at radius 1 is 1.25 bits per heavy atom. The molecule has 1 aromatic carbocycles. The highest BCUT2D eigenvalue weighted by molar-refractivity contribution is 5.77. The topological polar surface area (TPSA) is 58.6 Å². The van der Waals surface area contributed by atoms with Gasteiger partial charge < -0.3 is 15.2 Å². The van der Waals surface area contributed by atoms with Crippen molar-refractivity contribution in [3.63, 3.8) is 0 Å². The summed E-state index contributed by atoms with van der Waals surface area (Å²) in [6.45, 7) is 6.32. The quantitative estimate of drug-likeness (QED) is 0.768. The van der Waals surface area contributed by atoms with Gasteiger partial charge in [0.15, 0.2) is 18.1 Å². The van der Waals surface area contributed by atoms with Crippen LogP contribution in [0, 0.1) is 5.92 Å². The fourth-order valence-electron chi connectivity index (χ4n) is 1.94. The van der Waals surface area contributed by atoms with Crippen molar-refractivity contribution in [3.8, 4) is 11.5 Å². The van der Waals surface area contributed by atoms with Gasteiger partial charge in [0.2, 0.25) is 0 Å². The molecule has 4 heteroatoms. The van der Waals surface area contributed by atoms with Crippen LogP contribution in [0.1, 0.15) is 40.0 Å². The normalized spacial score (nSPS) is 12.2. The lowest BCUT2D eigenvalue weighted by molar-refractivity contribution is -0.123. The number of ether oxygens (including phenoxy) is 1. The largest absolute Gasteiger partial charge is 0.504 e. The molecule has 0 heterocycles. The third kappa shape index (κ3) is 6.45. The molecular formula is C16H25NO3. The molecule has 1 amide bonds. The average Bonchev–Trinajstić information content (AvgIpc) is 2.37. The van der Waals surface area contributed by atoms with Gasteiger partial charge in [-0.3, -0.25) is 4.79 Å². The van der Waals surface area contributed by atoms with E-state index in [1.807, 2.05) is 6.92 Å². The number of hydrogen-bond donors (Lipinski definition) is 2. The van der Waals surface area contributed by atoms with Crippen LogP contribution in [-0.2, 0) is 4.79 Å². The van der Waals surface area contributed by atoms with Crippen molar-refractivity contribution in [1.29, 1.82) is 0 Å². The number of phenolic OH excluding ortho intramolecular Hbond substituents is 1. The molecule has 1 atom stereocenters. The summed E-state index contributed by atoms with van der Waals surface area (Å²) < 4.78 is 5.28. The minimum absolute atomic E-state index is 0.0466. The van der Waals surface area contributed by atoms with Crippen molar-refractivity contribution in [2.24, 2.45) is 5.92 Å². The van der Waals surface area contributed by atoms with E-state index < -0.39 is 0 Å². The first-order valence-electron chi connectivity index (χ1n) is 7.19. The second-order valence-electron chi connectivity index (χ2n) is 5.55. The zero-order valence-electron chi connectivity index (χ0n) is 12.6. The number of phenols is 1. The monoisotopic (exact) mass is 279 g/mol. The lowest BCUT2D eigenvalue weighted by Gasteiger charge is -2.15. The predicted molar refractivity (Wildman–Crippen MR) is 79.9 cm³/mol. The van der Waals surface area contributed by atoms with E-state index in [1.165, 1.54) is 12.5 Å². The van der Waals surface area contributed by atoms with E-state index >= 15 is 0 Å². The first kappa shape index (κ1) is 16.3. The zero-order chi connectivity index (χ0) is 15.0. The van der Waals surface area contributed by atoms with Crippen molar-refractivity contribution < 1.29 is 14.6 Å². The molecule has 1 aromatic rings. The predicted octanol–water partition coefficient (Wildman–Crippen LogP) is 3.10. The van der Waals surface area contributed by atoms with Gasteiger partial charge in [-0.25, -0.2) is 0 Å². The van der Waals surface area contributed by atoms with Crippen LogP contribution in [0.25, 0.3) is 0 Å². The summed E-state index contributed by atoms with van der Waals surface area (Å²) in [5.41, 5.74) is 0. The third-order valence-corrected chi connectivity index (χ3v) is 3.05. The average molecular weight is 279 g/mol. The minimum Gasteiger partial charge on any atom is -0.504 e. The van der Waals surface area contributed by atoms with Gasteiger partial charge in [-0.1, -0.05) is 38.8 Å². The second-order valence-corrected chi connectivity index (χ2v) is 5.55. The minimum atomic E-state index is -0.162. The molecular weight excluding hydrogens is 254 g/mol. The lowest BCUT2D eigenvalue weighted by atomic mass is 10.0. The van der Waals surface area contributed by atoms with Gasteiger partial charge in [0, 0.05) is 6.04 Å². The number of nitrogens with one attached hydrogen (secondary N) is 1. The number of aromatic hydroxyl groups is 1. The maximum Gasteiger partial charge on any atom is 0.258 e. The third-order valence-electron chi connectivity index (χ3n) is 3.05. The Bertz CT molecular complexity index is 418. The lowest BCUT2D eigenvalue weighted by Crippen LogP contribution is -2.36. The van der Waals surface area contributed by atoms with Gasteiger partial charge in [-0.05, 0) is 31.4 Å². The summed E-state index contributed by atoms with van der Waals surface area (Å²) >= 11 is 0. The summed E-state index contributed by atoms with van der Waals surface area (Å²) in [6.07, 6.45) is 3.26. The van der Waals surface area contributed by atoms with Gasteiger partial charge in [0.1, 0.15) is 0 Å². The summed E-state index contributed by atoms with van der Waals surface area (Å²) in [5, 5.41) is 12.4. The molecule has 0 aliphatic rings. The highest BCUT2D eigenvalue weighted by atomic mass is 16.5. The second kappa shape index (κ2) is 8.46. The molecule has 0 aliphatic carbocycles. The number of hydrogen-bond acceptors (Lipinski definition) is 3. The fraction of sp³-hybridized carbons (Fsp3) is 0.562. The van der Waals surface area contributed by atoms with Crippen molar-refractivity contribution in [2.75, 3.05) is 6.61 Å². The maximum atomic E-state index is 11.7. The molecule has 1 unspecified atom stereocenters. The van der Waals surface area contributed by atoms with Gasteiger partial charge in [0.25, 0.3) is 5.91 Å². The molecule has 0 spiro atoms. The molecule has 112 valence electrons. The van der Waals surface area contributed by atoms with Gasteiger partial charge in [0.05, 0.1) is 0 Å². The van der Waals surface area contributed by atoms with E-state index in [-0.39, 0.29) is 24.3 Å². The van der Waals surface area contributed by atoms with E-state index in [0.717, 1.165) is 12.8 Å². The summed E-state index contributed by atoms with van der Waals surface area (Å²) in [4.78, 5) is 11.7. The van der Waals surface area contributed by atoms with Crippen LogP contribution in [0.2, 0.25) is 0 Å². The highest BCUT2D eigenvalue weighted by Crippen LogP contribution is 2.23. The molecule has 0 aromatic heterocycles. The van der Waals surface area contributed by atoms with Gasteiger partial charge in [-0.15, -0.1) is 0 Å². The van der Waals surface area contributed by atoms with Crippen LogP contribution < -0.4 is 10.1 Å². The summed E-state index contributed by atoms with van der Waals surface area (Å²) in [7, 11) is 0. The Kier molecular flexibility index (Phi) is 6.91. The van der Waals surface area contributed by atoms with E-state index in [0.29, 0.717) is 11.7 Å². The number of amides is 1. The number of carbonyl (C=O) groups excluding carboxylic acids is 1. The standard InChI is InChI=1S/C16H25NO3/c1-12(2)7-6-8-13(3)17-16(19)11-20-15-10-5-4-9-14(15)18/h4-5,9-10,12-13,18H,6-8,11H2,1-3H3,(H,17,19). The Labute approximate surface area is 121 Å². The molecule has 1 rings (SSSR count). The van der Waals surface area contributed by atoms with E-state index in [4.69, 9.17) is 4.74 Å². The zero-order valence-corrected chi connectivity index (χ0v) is 12.6. The molecule has 20 heavy (non-hydrogen) atoms. The van der Waals surface area contributed by atoms with Crippen LogP contribution in [-0.4, -0.2) is 23.7 Å².